The van der Waals surface area contributed by atoms with Gasteiger partial charge in [-0.2, -0.15) is 0 Å². The van der Waals surface area contributed by atoms with Gasteiger partial charge in [-0.3, -0.25) is 0 Å². The third-order valence-corrected chi connectivity index (χ3v) is 3.64. The number of aromatic nitrogens is 1. The third kappa shape index (κ3) is 5.67. The number of benzene rings is 1. The highest BCUT2D eigenvalue weighted by molar-refractivity contribution is 5.90. The fraction of sp³-hybridized carbons (Fsp3) is 0.368. The van der Waals surface area contributed by atoms with Gasteiger partial charge >= 0.3 is 6.03 Å². The van der Waals surface area contributed by atoms with Crippen LogP contribution in [0.25, 0.3) is 0 Å². The molecule has 2 aromatic rings. The van der Waals surface area contributed by atoms with Crippen LogP contribution in [0, 0.1) is 6.92 Å². The zero-order valence-electron chi connectivity index (χ0n) is 15.3. The molecule has 0 saturated carbocycles. The summed E-state index contributed by atoms with van der Waals surface area (Å²) in [5.41, 5.74) is 2.72. The first kappa shape index (κ1) is 18.6. The average molecular weight is 342 g/mol. The van der Waals surface area contributed by atoms with E-state index in [9.17, 15) is 4.79 Å². The van der Waals surface area contributed by atoms with Crippen molar-refractivity contribution >= 4 is 17.5 Å². The van der Waals surface area contributed by atoms with Crippen LogP contribution in [0.2, 0.25) is 0 Å². The molecule has 25 heavy (non-hydrogen) atoms. The second-order valence-electron chi connectivity index (χ2n) is 6.05. The molecule has 2 rings (SSSR count). The van der Waals surface area contributed by atoms with Crippen molar-refractivity contribution < 1.29 is 9.53 Å². The van der Waals surface area contributed by atoms with Crippen LogP contribution in [0.15, 0.2) is 36.5 Å². The molecule has 0 aliphatic heterocycles. The van der Waals surface area contributed by atoms with Gasteiger partial charge in [0.25, 0.3) is 0 Å². The predicted molar refractivity (Wildman–Crippen MR) is 101 cm³/mol. The molecular weight excluding hydrogens is 316 g/mol. The van der Waals surface area contributed by atoms with Gasteiger partial charge in [-0.1, -0.05) is 6.92 Å². The quantitative estimate of drug-likeness (QED) is 0.807. The normalized spacial score (nSPS) is 10.2. The molecule has 1 aromatic heterocycles. The Balaban J connectivity index is 1.91. The number of urea groups is 1. The number of hydrogen-bond donors (Lipinski definition) is 2. The van der Waals surface area contributed by atoms with Crippen LogP contribution in [0.1, 0.15) is 24.5 Å². The van der Waals surface area contributed by atoms with Crippen LogP contribution in [0.5, 0.6) is 5.75 Å². The maximum absolute atomic E-state index is 12.1. The molecule has 0 radical (unpaired) electrons. The van der Waals surface area contributed by atoms with Crippen molar-refractivity contribution in [3.63, 3.8) is 0 Å². The van der Waals surface area contributed by atoms with Crippen molar-refractivity contribution in [2.75, 3.05) is 30.9 Å². The lowest BCUT2D eigenvalue weighted by atomic mass is 10.2. The monoisotopic (exact) mass is 342 g/mol. The van der Waals surface area contributed by atoms with Crippen LogP contribution in [0.4, 0.5) is 16.3 Å². The standard InChI is InChI=1S/C19H26N4O2/c1-5-10-25-16-6-7-17(14(2)11-16)22-19(24)21-13-15-8-9-20-18(12-15)23(3)4/h6-9,11-12H,5,10,13H2,1-4H3,(H2,21,22,24). The van der Waals surface area contributed by atoms with E-state index in [-0.39, 0.29) is 6.03 Å². The van der Waals surface area contributed by atoms with Gasteiger partial charge in [0.2, 0.25) is 0 Å². The van der Waals surface area contributed by atoms with Gasteiger partial charge in [0.15, 0.2) is 0 Å². The van der Waals surface area contributed by atoms with E-state index in [0.29, 0.717) is 13.2 Å². The van der Waals surface area contributed by atoms with Crippen LogP contribution < -0.4 is 20.3 Å². The van der Waals surface area contributed by atoms with Crippen molar-refractivity contribution in [2.45, 2.75) is 26.8 Å². The minimum atomic E-state index is -0.242. The first-order valence-electron chi connectivity index (χ1n) is 8.40. The highest BCUT2D eigenvalue weighted by Gasteiger charge is 2.06. The fourth-order valence-electron chi connectivity index (χ4n) is 2.25. The molecule has 2 N–H and O–H groups in total. The Morgan fingerprint density at radius 3 is 2.72 bits per heavy atom. The number of nitrogens with zero attached hydrogens (tertiary/aromatic N) is 2. The first-order chi connectivity index (χ1) is 12.0. The number of amides is 2. The Kier molecular flexibility index (Phi) is 6.62. The summed E-state index contributed by atoms with van der Waals surface area (Å²) in [4.78, 5) is 18.3. The minimum Gasteiger partial charge on any atom is -0.494 e. The summed E-state index contributed by atoms with van der Waals surface area (Å²) in [5.74, 6) is 1.68. The molecule has 0 unspecified atom stereocenters. The molecule has 0 fully saturated rings. The molecule has 0 spiro atoms. The summed E-state index contributed by atoms with van der Waals surface area (Å²) in [6.07, 6.45) is 2.70. The lowest BCUT2D eigenvalue weighted by molar-refractivity contribution is 0.251. The molecule has 2 amide bonds. The van der Waals surface area contributed by atoms with Gasteiger partial charge in [0.1, 0.15) is 11.6 Å². The highest BCUT2D eigenvalue weighted by Crippen LogP contribution is 2.21. The number of ether oxygens (including phenoxy) is 1. The zero-order chi connectivity index (χ0) is 18.2. The maximum atomic E-state index is 12.1. The van der Waals surface area contributed by atoms with E-state index < -0.39 is 0 Å². The zero-order valence-corrected chi connectivity index (χ0v) is 15.3. The lowest BCUT2D eigenvalue weighted by Crippen LogP contribution is -2.28. The molecule has 0 saturated heterocycles. The number of nitrogens with one attached hydrogen (secondary N) is 2. The fourth-order valence-corrected chi connectivity index (χ4v) is 2.25. The molecule has 0 aliphatic rings. The van der Waals surface area contributed by atoms with Gasteiger partial charge in [0.05, 0.1) is 6.61 Å². The smallest absolute Gasteiger partial charge is 0.319 e. The second-order valence-corrected chi connectivity index (χ2v) is 6.05. The van der Waals surface area contributed by atoms with Gasteiger partial charge in [-0.05, 0) is 54.8 Å². The average Bonchev–Trinajstić information content (AvgIpc) is 2.60. The van der Waals surface area contributed by atoms with Crippen molar-refractivity contribution in [3.8, 4) is 5.75 Å². The number of carbonyl (C=O) groups is 1. The maximum Gasteiger partial charge on any atom is 0.319 e. The molecule has 1 aromatic carbocycles. The second kappa shape index (κ2) is 8.92. The van der Waals surface area contributed by atoms with Crippen LogP contribution in [-0.2, 0) is 6.54 Å². The molecule has 6 heteroatoms. The van der Waals surface area contributed by atoms with E-state index >= 15 is 0 Å². The molecule has 0 bridgehead atoms. The molecule has 134 valence electrons. The van der Waals surface area contributed by atoms with Crippen molar-refractivity contribution in [1.29, 1.82) is 0 Å². The number of aryl methyl sites for hydroxylation is 1. The topological polar surface area (TPSA) is 66.5 Å². The van der Waals surface area contributed by atoms with Gasteiger partial charge < -0.3 is 20.3 Å². The summed E-state index contributed by atoms with van der Waals surface area (Å²) < 4.78 is 5.59. The van der Waals surface area contributed by atoms with Gasteiger partial charge in [-0.25, -0.2) is 9.78 Å². The number of hydrogen-bond acceptors (Lipinski definition) is 4. The summed E-state index contributed by atoms with van der Waals surface area (Å²) in [7, 11) is 3.87. The van der Waals surface area contributed by atoms with Crippen LogP contribution in [0.3, 0.4) is 0 Å². The summed E-state index contributed by atoms with van der Waals surface area (Å²) >= 11 is 0. The number of carbonyl (C=O) groups excluding carboxylic acids is 1. The van der Waals surface area contributed by atoms with E-state index in [0.717, 1.165) is 34.8 Å². The van der Waals surface area contributed by atoms with E-state index in [4.69, 9.17) is 4.74 Å². The largest absolute Gasteiger partial charge is 0.494 e. The highest BCUT2D eigenvalue weighted by atomic mass is 16.5. The summed E-state index contributed by atoms with van der Waals surface area (Å²) in [6.45, 7) is 5.14. The van der Waals surface area contributed by atoms with Crippen molar-refractivity contribution in [1.82, 2.24) is 10.3 Å². The molecule has 0 atom stereocenters. The Morgan fingerprint density at radius 1 is 1.24 bits per heavy atom. The molecule has 6 nitrogen and oxygen atoms in total. The Hall–Kier alpha value is -2.76. The first-order valence-corrected chi connectivity index (χ1v) is 8.40. The molecular formula is C19H26N4O2. The van der Waals surface area contributed by atoms with E-state index in [1.165, 1.54) is 0 Å². The van der Waals surface area contributed by atoms with Crippen molar-refractivity contribution in [2.24, 2.45) is 0 Å². The molecule has 1 heterocycles. The Morgan fingerprint density at radius 2 is 2.04 bits per heavy atom. The number of rotatable bonds is 7. The van der Waals surface area contributed by atoms with E-state index in [1.807, 2.05) is 56.3 Å². The SMILES string of the molecule is CCCOc1ccc(NC(=O)NCc2ccnc(N(C)C)c2)c(C)c1. The van der Waals surface area contributed by atoms with Gasteiger partial charge in [-0.15, -0.1) is 0 Å². The Bertz CT molecular complexity index is 716. The lowest BCUT2D eigenvalue weighted by Gasteiger charge is -2.14. The number of pyridine rings is 1. The third-order valence-electron chi connectivity index (χ3n) is 3.64. The van der Waals surface area contributed by atoms with Gasteiger partial charge in [0, 0.05) is 32.5 Å². The molecule has 0 aliphatic carbocycles. The predicted octanol–water partition coefficient (Wildman–Crippen LogP) is 3.57. The summed E-state index contributed by atoms with van der Waals surface area (Å²) in [6, 6.07) is 9.25. The summed E-state index contributed by atoms with van der Waals surface area (Å²) in [5, 5.41) is 5.73. The number of anilines is 2. The Labute approximate surface area is 149 Å². The van der Waals surface area contributed by atoms with Crippen LogP contribution >= 0.6 is 0 Å². The van der Waals surface area contributed by atoms with Crippen molar-refractivity contribution in [3.05, 3.63) is 47.7 Å². The minimum absolute atomic E-state index is 0.242. The van der Waals surface area contributed by atoms with Crippen LogP contribution in [-0.4, -0.2) is 31.7 Å². The van der Waals surface area contributed by atoms with E-state index in [2.05, 4.69) is 22.5 Å². The van der Waals surface area contributed by atoms with E-state index in [1.54, 1.807) is 6.20 Å².